The highest BCUT2D eigenvalue weighted by Gasteiger charge is 2.38. The minimum atomic E-state index is -2.40. The van der Waals surface area contributed by atoms with Crippen LogP contribution in [0.3, 0.4) is 0 Å². The van der Waals surface area contributed by atoms with Crippen molar-refractivity contribution < 1.29 is 28.7 Å². The summed E-state index contributed by atoms with van der Waals surface area (Å²) >= 11 is 2.06. The number of benzene rings is 1. The van der Waals surface area contributed by atoms with E-state index < -0.39 is 20.0 Å². The number of carbonyl (C=O) groups excluding carboxylic acids is 1. The zero-order chi connectivity index (χ0) is 31.4. The smallest absolute Gasteiger partial charge is 0.374 e. The van der Waals surface area contributed by atoms with Crippen LogP contribution >= 0.6 is 20.2 Å². The standard InChI is InChI=1S/C35H63O6PS/c1-4-6-8-10-11-12-13-14-15-17-22-29-43-33(26-21-16-9-7-5-2)31(3)39-27-23-28-41-35(37,42-38)34(36)40-30-32-24-19-18-20-25-32/h18-20,24-25,31,33,37H,4-17,21-23,26-30,42H2,1-3H3. The number of unbranched alkanes of at least 4 members (excludes halogenated alkanes) is 14. The van der Waals surface area contributed by atoms with E-state index in [1.165, 1.54) is 108 Å². The van der Waals surface area contributed by atoms with E-state index in [-0.39, 0.29) is 19.3 Å². The van der Waals surface area contributed by atoms with Gasteiger partial charge in [-0.15, -0.1) is 0 Å². The SMILES string of the molecule is CCCCCCCCCCCCCSC(CCCCCCC)C(C)OCCCOC(O)([PH2]=O)C(=O)OCc1ccccc1. The first-order chi connectivity index (χ1) is 21.0. The van der Waals surface area contributed by atoms with Gasteiger partial charge in [0.1, 0.15) is 15.1 Å². The largest absolute Gasteiger partial charge is 0.456 e. The molecule has 0 aliphatic rings. The van der Waals surface area contributed by atoms with Crippen molar-refractivity contribution in [2.75, 3.05) is 19.0 Å². The molecule has 0 aliphatic carbocycles. The van der Waals surface area contributed by atoms with Crippen LogP contribution in [-0.2, 0) is 30.2 Å². The summed E-state index contributed by atoms with van der Waals surface area (Å²) in [6, 6.07) is 9.15. The summed E-state index contributed by atoms with van der Waals surface area (Å²) in [4.78, 5) is 12.3. The van der Waals surface area contributed by atoms with Crippen molar-refractivity contribution in [2.45, 2.75) is 160 Å². The Labute approximate surface area is 269 Å². The molecule has 4 unspecified atom stereocenters. The van der Waals surface area contributed by atoms with E-state index in [1.807, 2.05) is 30.3 Å². The molecule has 0 saturated carbocycles. The van der Waals surface area contributed by atoms with Gasteiger partial charge in [-0.1, -0.05) is 140 Å². The normalized spacial score (nSPS) is 14.6. The van der Waals surface area contributed by atoms with E-state index >= 15 is 0 Å². The number of carbonyl (C=O) groups is 1. The van der Waals surface area contributed by atoms with Crippen LogP contribution in [0, 0.1) is 0 Å². The van der Waals surface area contributed by atoms with Crippen molar-refractivity contribution in [3.05, 3.63) is 35.9 Å². The molecule has 0 aromatic heterocycles. The fourth-order valence-corrected chi connectivity index (χ4v) is 6.76. The number of hydrogen-bond acceptors (Lipinski definition) is 7. The molecule has 0 bridgehead atoms. The zero-order valence-corrected chi connectivity index (χ0v) is 29.5. The molecule has 1 rings (SSSR count). The number of hydrogen-bond donors (Lipinski definition) is 1. The predicted octanol–water partition coefficient (Wildman–Crippen LogP) is 9.72. The lowest BCUT2D eigenvalue weighted by molar-refractivity contribution is -0.197. The summed E-state index contributed by atoms with van der Waals surface area (Å²) in [5.74, 6) is 0.162. The molecule has 0 radical (unpaired) electrons. The van der Waals surface area contributed by atoms with E-state index in [4.69, 9.17) is 14.2 Å². The molecule has 0 aliphatic heterocycles. The lowest BCUT2D eigenvalue weighted by Gasteiger charge is -2.25. The maximum atomic E-state index is 12.3. The average molecular weight is 643 g/mol. The van der Waals surface area contributed by atoms with Crippen molar-refractivity contribution in [1.29, 1.82) is 0 Å². The molecule has 0 amide bonds. The molecule has 250 valence electrons. The van der Waals surface area contributed by atoms with Crippen LogP contribution in [0.15, 0.2) is 30.3 Å². The summed E-state index contributed by atoms with van der Waals surface area (Å²) in [5.41, 5.74) is -1.62. The maximum Gasteiger partial charge on any atom is 0.374 e. The summed E-state index contributed by atoms with van der Waals surface area (Å²) in [5, 5.41) is 10.9. The van der Waals surface area contributed by atoms with Crippen molar-refractivity contribution >= 4 is 26.2 Å². The highest BCUT2D eigenvalue weighted by Crippen LogP contribution is 2.27. The highest BCUT2D eigenvalue weighted by atomic mass is 32.2. The Morgan fingerprint density at radius 1 is 0.814 bits per heavy atom. The van der Waals surface area contributed by atoms with Gasteiger partial charge in [-0.3, -0.25) is 0 Å². The van der Waals surface area contributed by atoms with Gasteiger partial charge in [0.15, 0.2) is 0 Å². The summed E-state index contributed by atoms with van der Waals surface area (Å²) < 4.78 is 28.3. The predicted molar refractivity (Wildman–Crippen MR) is 184 cm³/mol. The van der Waals surface area contributed by atoms with Crippen LogP contribution in [0.1, 0.15) is 142 Å². The third-order valence-electron chi connectivity index (χ3n) is 7.85. The molecule has 1 aromatic rings. The van der Waals surface area contributed by atoms with Crippen molar-refractivity contribution in [3.63, 3.8) is 0 Å². The van der Waals surface area contributed by atoms with Gasteiger partial charge in [0.2, 0.25) is 0 Å². The third kappa shape index (κ3) is 20.7. The Kier molecular flexibility index (Phi) is 25.7. The van der Waals surface area contributed by atoms with E-state index in [1.54, 1.807) is 0 Å². The van der Waals surface area contributed by atoms with Crippen LogP contribution < -0.4 is 0 Å². The fourth-order valence-electron chi connectivity index (χ4n) is 5.03. The molecule has 1 N–H and O–H groups in total. The molecule has 4 atom stereocenters. The Bertz CT molecular complexity index is 798. The second-order valence-electron chi connectivity index (χ2n) is 11.8. The number of esters is 1. The number of rotatable bonds is 30. The summed E-state index contributed by atoms with van der Waals surface area (Å²) in [6.07, 6.45) is 23.2. The molecular weight excluding hydrogens is 579 g/mol. The third-order valence-corrected chi connectivity index (χ3v) is 10.1. The molecule has 0 fully saturated rings. The van der Waals surface area contributed by atoms with Gasteiger partial charge in [0.05, 0.1) is 12.7 Å². The second-order valence-corrected chi connectivity index (χ2v) is 14.2. The van der Waals surface area contributed by atoms with E-state index in [9.17, 15) is 14.5 Å². The molecule has 0 saturated heterocycles. The van der Waals surface area contributed by atoms with E-state index in [0.717, 1.165) is 12.0 Å². The van der Waals surface area contributed by atoms with Gasteiger partial charge in [-0.2, -0.15) is 11.8 Å². The van der Waals surface area contributed by atoms with Gasteiger partial charge in [-0.25, -0.2) is 4.79 Å². The number of thioether (sulfide) groups is 1. The molecule has 8 heteroatoms. The molecule has 0 spiro atoms. The molecular formula is C35H63O6PS. The summed E-state index contributed by atoms with van der Waals surface area (Å²) in [6.45, 7) is 7.18. The zero-order valence-electron chi connectivity index (χ0n) is 27.6. The Balaban J connectivity index is 2.31. The number of ether oxygens (including phenoxy) is 3. The van der Waals surface area contributed by atoms with Crippen LogP contribution in [0.25, 0.3) is 0 Å². The van der Waals surface area contributed by atoms with Gasteiger partial charge in [0.25, 0.3) is 0 Å². The minimum absolute atomic E-state index is 0.0118. The average Bonchev–Trinajstić information content (AvgIpc) is 3.03. The monoisotopic (exact) mass is 642 g/mol. The van der Waals surface area contributed by atoms with Crippen LogP contribution in [0.4, 0.5) is 0 Å². The first kappa shape index (κ1) is 40.2. The van der Waals surface area contributed by atoms with E-state index in [0.29, 0.717) is 18.3 Å². The van der Waals surface area contributed by atoms with Gasteiger partial charge >= 0.3 is 11.5 Å². The van der Waals surface area contributed by atoms with Crippen LogP contribution in [0.2, 0.25) is 0 Å². The van der Waals surface area contributed by atoms with E-state index in [2.05, 4.69) is 32.5 Å². The van der Waals surface area contributed by atoms with Crippen LogP contribution in [0.5, 0.6) is 0 Å². The Morgan fingerprint density at radius 2 is 1.37 bits per heavy atom. The van der Waals surface area contributed by atoms with Crippen molar-refractivity contribution in [2.24, 2.45) is 0 Å². The maximum absolute atomic E-state index is 12.3. The first-order valence-corrected chi connectivity index (χ1v) is 19.3. The summed E-state index contributed by atoms with van der Waals surface area (Å²) in [7, 11) is -1.92. The lowest BCUT2D eigenvalue weighted by Crippen LogP contribution is -2.37. The molecule has 1 aromatic carbocycles. The molecule has 43 heavy (non-hydrogen) atoms. The Morgan fingerprint density at radius 3 is 1.95 bits per heavy atom. The molecule has 6 nitrogen and oxygen atoms in total. The van der Waals surface area contributed by atoms with Gasteiger partial charge in [0, 0.05) is 11.9 Å². The minimum Gasteiger partial charge on any atom is -0.456 e. The topological polar surface area (TPSA) is 82.1 Å². The molecule has 0 heterocycles. The highest BCUT2D eigenvalue weighted by molar-refractivity contribution is 7.99. The van der Waals surface area contributed by atoms with Crippen molar-refractivity contribution in [1.82, 2.24) is 0 Å². The van der Waals surface area contributed by atoms with Gasteiger partial charge < -0.3 is 23.9 Å². The number of aliphatic hydroxyl groups is 1. The van der Waals surface area contributed by atoms with Crippen molar-refractivity contribution in [3.8, 4) is 0 Å². The Hall–Kier alpha value is -0.850. The second kappa shape index (κ2) is 27.5. The quantitative estimate of drug-likeness (QED) is 0.0387. The van der Waals surface area contributed by atoms with Crippen LogP contribution in [-0.4, -0.2) is 46.9 Å². The first-order valence-electron chi connectivity index (χ1n) is 17.2. The van der Waals surface area contributed by atoms with Gasteiger partial charge in [-0.05, 0) is 37.5 Å². The fraction of sp³-hybridized carbons (Fsp3) is 0.800. The lowest BCUT2D eigenvalue weighted by atomic mass is 10.1.